The van der Waals surface area contributed by atoms with Crippen molar-refractivity contribution in [1.29, 1.82) is 0 Å². The van der Waals surface area contributed by atoms with Crippen LogP contribution < -0.4 is 0 Å². The second-order valence-electron chi connectivity index (χ2n) is 1.97. The maximum atomic E-state index is 7.33. The quantitative estimate of drug-likeness (QED) is 0.505. The van der Waals surface area contributed by atoms with E-state index in [0.29, 0.717) is 0 Å². The maximum Gasteiger partial charge on any atom is 0.0719 e. The Morgan fingerprint density at radius 3 is 2.00 bits per heavy atom. The van der Waals surface area contributed by atoms with Crippen molar-refractivity contribution >= 4 is 0 Å². The minimum atomic E-state index is 0. The summed E-state index contributed by atoms with van der Waals surface area (Å²) >= 11 is 0. The molecule has 1 nitrogen and oxygen atoms in total. The largest absolute Gasteiger partial charge is 0.516 e. The standard InChI is InChI=1S/C5H9.C2H4O.Rf/c1-5-3-2-4-5;1-2-3;/h3,5H,2,4H2,1H3;2-3H,1H2;/q-1;;. The van der Waals surface area contributed by atoms with Crippen LogP contribution in [-0.4, -0.2) is 5.11 Å². The molecule has 1 aliphatic carbocycles. The summed E-state index contributed by atoms with van der Waals surface area (Å²) in [5, 5.41) is 7.33. The molecule has 2 heteroatoms. The number of aliphatic hydroxyl groups is 1. The summed E-state index contributed by atoms with van der Waals surface area (Å²) in [7, 11) is 0. The van der Waals surface area contributed by atoms with Crippen LogP contribution in [0.4, 0.5) is 0 Å². The van der Waals surface area contributed by atoms with Gasteiger partial charge in [0.15, 0.2) is 0 Å². The van der Waals surface area contributed by atoms with E-state index in [9.17, 15) is 0 Å². The molecule has 1 saturated carbocycles. The fraction of sp³-hybridized carbons (Fsp3) is 0.571. The van der Waals surface area contributed by atoms with Gasteiger partial charge in [-0.15, -0.1) is 6.42 Å². The van der Waals surface area contributed by atoms with Crippen LogP contribution in [0.5, 0.6) is 0 Å². The van der Waals surface area contributed by atoms with Crippen LogP contribution in [0.2, 0.25) is 0 Å². The van der Waals surface area contributed by atoms with Crippen LogP contribution in [-0.2, 0) is 0 Å². The number of aliphatic hydroxyl groups excluding tert-OH is 1. The molecular weight excluding hydrogens is 367 g/mol. The van der Waals surface area contributed by atoms with Crippen LogP contribution in [0.25, 0.3) is 0 Å². The number of hydrogen-bond donors (Lipinski definition) is 1. The van der Waals surface area contributed by atoms with Crippen molar-refractivity contribution in [3.63, 3.8) is 0 Å². The molecule has 0 aromatic carbocycles. The van der Waals surface area contributed by atoms with Gasteiger partial charge < -0.3 is 11.5 Å². The molecule has 0 amide bonds. The minimum absolute atomic E-state index is 0. The molecular formula is C7H13ORf-. The first-order chi connectivity index (χ1) is 3.81. The van der Waals surface area contributed by atoms with E-state index >= 15 is 0 Å². The molecule has 0 bridgehead atoms. The zero-order chi connectivity index (χ0) is 6.41. The molecule has 0 spiro atoms. The van der Waals surface area contributed by atoms with Gasteiger partial charge >= 0.3 is 0 Å². The van der Waals surface area contributed by atoms with Gasteiger partial charge in [0, 0.05) is 0 Å². The van der Waals surface area contributed by atoms with Crippen LogP contribution in [0, 0.1) is 12.3 Å². The number of hydrogen-bond acceptors (Lipinski definition) is 1. The van der Waals surface area contributed by atoms with Gasteiger partial charge in [-0.1, -0.05) is 13.5 Å². The van der Waals surface area contributed by atoms with E-state index in [1.807, 2.05) is 0 Å². The Morgan fingerprint density at radius 1 is 1.78 bits per heavy atom. The van der Waals surface area contributed by atoms with E-state index in [-0.39, 0.29) is 0 Å². The van der Waals surface area contributed by atoms with Crippen LogP contribution in [0.15, 0.2) is 12.8 Å². The van der Waals surface area contributed by atoms with Crippen LogP contribution >= 0.6 is 0 Å². The molecule has 9 heavy (non-hydrogen) atoms. The van der Waals surface area contributed by atoms with E-state index in [1.165, 1.54) is 12.8 Å². The average Bonchev–Trinajstić information content (AvgIpc) is 1.64. The van der Waals surface area contributed by atoms with Gasteiger partial charge in [-0.2, -0.15) is 12.3 Å². The molecule has 1 fully saturated rings. The molecule has 1 unspecified atom stereocenters. The fourth-order valence-electron chi connectivity index (χ4n) is 0.500. The summed E-state index contributed by atoms with van der Waals surface area (Å²) in [4.78, 5) is 0. The molecule has 0 aliphatic heterocycles. The molecule has 0 saturated heterocycles. The van der Waals surface area contributed by atoms with Crippen molar-refractivity contribution in [2.24, 2.45) is 5.92 Å². The molecule has 0 radical (unpaired) electrons. The van der Waals surface area contributed by atoms with Crippen molar-refractivity contribution in [2.45, 2.75) is 19.8 Å². The smallest absolute Gasteiger partial charge is 0.0719 e. The van der Waals surface area contributed by atoms with E-state index in [1.54, 1.807) is 0 Å². The predicted molar refractivity (Wildman–Crippen MR) is 35.5 cm³/mol. The third-order valence-corrected chi connectivity index (χ3v) is 1.19. The summed E-state index contributed by atoms with van der Waals surface area (Å²) in [6.45, 7) is 5.17. The molecule has 1 aliphatic rings. The van der Waals surface area contributed by atoms with Crippen LogP contribution in [0.1, 0.15) is 19.8 Å². The summed E-state index contributed by atoms with van der Waals surface area (Å²) < 4.78 is 0. The van der Waals surface area contributed by atoms with Gasteiger partial charge in [-0.25, -0.2) is 0 Å². The Balaban J connectivity index is 0. The van der Waals surface area contributed by atoms with Crippen molar-refractivity contribution in [3.05, 3.63) is 19.3 Å². The van der Waals surface area contributed by atoms with Crippen LogP contribution in [0.3, 0.4) is 0 Å². The zero-order valence-electron chi connectivity index (χ0n) is 6.01. The van der Waals surface area contributed by atoms with Gasteiger partial charge in [-0.3, -0.25) is 0 Å². The van der Waals surface area contributed by atoms with E-state index in [0.717, 1.165) is 12.2 Å². The summed E-state index contributed by atoms with van der Waals surface area (Å²) in [6.07, 6.45) is 5.89. The molecule has 1 rings (SSSR count). The Bertz CT molecular complexity index is 59.9. The first-order valence-electron chi connectivity index (χ1n) is 2.89. The first-order valence-corrected chi connectivity index (χ1v) is 2.89. The van der Waals surface area contributed by atoms with Gasteiger partial charge in [0.05, 0.1) is 6.26 Å². The van der Waals surface area contributed by atoms with E-state index in [4.69, 9.17) is 5.11 Å². The SMILES string of the molecule is C=CO.CC1[CH-]CC1.[Rf]. The summed E-state index contributed by atoms with van der Waals surface area (Å²) in [6, 6.07) is 0. The Kier molecular flexibility index (Phi) is 7.64. The topological polar surface area (TPSA) is 20.2 Å². The average molecular weight is 380 g/mol. The monoisotopic (exact) mass is 380 g/mol. The molecule has 0 aromatic heterocycles. The minimum Gasteiger partial charge on any atom is -0.516 e. The van der Waals surface area contributed by atoms with Gasteiger partial charge in [0.2, 0.25) is 0 Å². The normalized spacial score (nSPS) is 21.7. The zero-order valence-corrected chi connectivity index (χ0v) is 12.4. The van der Waals surface area contributed by atoms with E-state index in [2.05, 4.69) is 19.9 Å². The maximum absolute atomic E-state index is 7.33. The second-order valence-corrected chi connectivity index (χ2v) is 1.97. The second kappa shape index (κ2) is 6.54. The van der Waals surface area contributed by atoms with Crippen molar-refractivity contribution in [2.75, 3.05) is 0 Å². The van der Waals surface area contributed by atoms with Gasteiger partial charge in [0.25, 0.3) is 0 Å². The summed E-state index contributed by atoms with van der Waals surface area (Å²) in [5.41, 5.74) is 0. The summed E-state index contributed by atoms with van der Waals surface area (Å²) in [5.74, 6) is 0.940. The number of rotatable bonds is 0. The van der Waals surface area contributed by atoms with Gasteiger partial charge in [-0.05, 0) is 0 Å². The molecule has 0 heterocycles. The Morgan fingerprint density at radius 2 is 2.00 bits per heavy atom. The molecule has 0 aromatic rings. The molecule has 1 N–H and O–H groups in total. The van der Waals surface area contributed by atoms with E-state index < -0.39 is 0 Å². The van der Waals surface area contributed by atoms with Crippen molar-refractivity contribution < 1.29 is 5.11 Å². The van der Waals surface area contributed by atoms with Gasteiger partial charge in [0.1, 0.15) is 0 Å². The van der Waals surface area contributed by atoms with Crippen molar-refractivity contribution in [1.82, 2.24) is 0 Å². The molecule has 1 atom stereocenters. The Labute approximate surface area is 51.0 Å². The third-order valence-electron chi connectivity index (χ3n) is 1.19. The molecule has 50 valence electrons. The Hall–Kier alpha value is -1.46. The third kappa shape index (κ3) is 6.54. The predicted octanol–water partition coefficient (Wildman–Crippen LogP) is 2.31. The fourth-order valence-corrected chi connectivity index (χ4v) is 0.500. The first kappa shape index (κ1) is 10.5. The van der Waals surface area contributed by atoms with Crippen molar-refractivity contribution in [3.8, 4) is 0 Å².